The standard InChI is InChI=1S/C14H21NO3S/c1-3-4-9(2)14(16)15-8-12-10-5-6-11(7-10)13(12)19(15,17)18/h5-6,9-13H,3-4,7-8H2,1-2H3/t9-,10-,11+,12-,13+/m1/s1. The Balaban J connectivity index is 1.85. The highest BCUT2D eigenvalue weighted by molar-refractivity contribution is 7.90. The van der Waals surface area contributed by atoms with Crippen LogP contribution in [0.2, 0.25) is 0 Å². The van der Waals surface area contributed by atoms with Crippen LogP contribution < -0.4 is 0 Å². The van der Waals surface area contributed by atoms with E-state index in [4.69, 9.17) is 0 Å². The molecule has 4 nitrogen and oxygen atoms in total. The fraction of sp³-hybridized carbons (Fsp3) is 0.786. The molecule has 0 unspecified atom stereocenters. The highest BCUT2D eigenvalue weighted by atomic mass is 32.2. The van der Waals surface area contributed by atoms with Crippen molar-refractivity contribution in [3.05, 3.63) is 12.2 Å². The Hall–Kier alpha value is -0.840. The van der Waals surface area contributed by atoms with Crippen molar-refractivity contribution in [3.8, 4) is 0 Å². The molecule has 0 radical (unpaired) electrons. The first-order valence-electron chi connectivity index (χ1n) is 7.20. The Labute approximate surface area is 114 Å². The third-order valence-corrected chi connectivity index (χ3v) is 7.29. The first kappa shape index (κ1) is 13.2. The zero-order chi connectivity index (χ0) is 13.8. The maximum absolute atomic E-state index is 12.6. The van der Waals surface area contributed by atoms with E-state index < -0.39 is 10.0 Å². The summed E-state index contributed by atoms with van der Waals surface area (Å²) in [6.07, 6.45) is 6.80. The molecule has 3 rings (SSSR count). The lowest BCUT2D eigenvalue weighted by Crippen LogP contribution is -2.39. The van der Waals surface area contributed by atoms with Gasteiger partial charge < -0.3 is 0 Å². The monoisotopic (exact) mass is 283 g/mol. The molecule has 5 atom stereocenters. The number of hydrogen-bond donors (Lipinski definition) is 0. The molecule has 1 saturated heterocycles. The summed E-state index contributed by atoms with van der Waals surface area (Å²) in [5, 5.41) is -0.333. The Kier molecular flexibility index (Phi) is 3.00. The summed E-state index contributed by atoms with van der Waals surface area (Å²) in [5.74, 6) is 0.251. The minimum atomic E-state index is -3.43. The van der Waals surface area contributed by atoms with Crippen LogP contribution in [0.4, 0.5) is 0 Å². The van der Waals surface area contributed by atoms with Crippen molar-refractivity contribution in [1.82, 2.24) is 4.31 Å². The second-order valence-electron chi connectivity index (χ2n) is 6.18. The number of allylic oxidation sites excluding steroid dienone is 2. The van der Waals surface area contributed by atoms with Crippen molar-refractivity contribution in [2.24, 2.45) is 23.7 Å². The van der Waals surface area contributed by atoms with Gasteiger partial charge in [-0.1, -0.05) is 32.4 Å². The summed E-state index contributed by atoms with van der Waals surface area (Å²) in [6, 6.07) is 0. The molecule has 5 heteroatoms. The highest BCUT2D eigenvalue weighted by Crippen LogP contribution is 2.51. The van der Waals surface area contributed by atoms with Crippen LogP contribution in [-0.4, -0.2) is 30.4 Å². The normalized spacial score (nSPS) is 39.6. The van der Waals surface area contributed by atoms with Crippen molar-refractivity contribution in [2.75, 3.05) is 6.54 Å². The second-order valence-corrected chi connectivity index (χ2v) is 8.20. The minimum absolute atomic E-state index is 0.137. The Morgan fingerprint density at radius 2 is 2.05 bits per heavy atom. The van der Waals surface area contributed by atoms with Gasteiger partial charge in [0.1, 0.15) is 0 Å². The van der Waals surface area contributed by atoms with Crippen molar-refractivity contribution < 1.29 is 13.2 Å². The van der Waals surface area contributed by atoms with Gasteiger partial charge in [-0.25, -0.2) is 12.7 Å². The van der Waals surface area contributed by atoms with E-state index in [0.29, 0.717) is 12.5 Å². The first-order valence-corrected chi connectivity index (χ1v) is 8.70. The molecule has 1 heterocycles. The van der Waals surface area contributed by atoms with Gasteiger partial charge in [0.15, 0.2) is 0 Å². The maximum Gasteiger partial charge on any atom is 0.241 e. The maximum atomic E-state index is 12.6. The summed E-state index contributed by atoms with van der Waals surface area (Å²) >= 11 is 0. The molecule has 2 bridgehead atoms. The fourth-order valence-electron chi connectivity index (χ4n) is 4.02. The van der Waals surface area contributed by atoms with Gasteiger partial charge in [-0.15, -0.1) is 0 Å². The molecular formula is C14H21NO3S. The fourth-order valence-corrected chi connectivity index (χ4v) is 6.50. The van der Waals surface area contributed by atoms with Crippen molar-refractivity contribution in [3.63, 3.8) is 0 Å². The van der Waals surface area contributed by atoms with E-state index in [0.717, 1.165) is 19.3 Å². The molecule has 0 aromatic carbocycles. The zero-order valence-corrected chi connectivity index (χ0v) is 12.3. The quantitative estimate of drug-likeness (QED) is 0.742. The van der Waals surface area contributed by atoms with E-state index in [-0.39, 0.29) is 28.9 Å². The molecule has 1 aliphatic heterocycles. The number of carbonyl (C=O) groups excluding carboxylic acids is 1. The topological polar surface area (TPSA) is 54.5 Å². The first-order chi connectivity index (χ1) is 8.96. The third kappa shape index (κ3) is 1.77. The van der Waals surface area contributed by atoms with Crippen LogP contribution in [0.1, 0.15) is 33.1 Å². The lowest BCUT2D eigenvalue weighted by Gasteiger charge is -2.22. The summed E-state index contributed by atoms with van der Waals surface area (Å²) in [5.41, 5.74) is 0. The molecule has 0 spiro atoms. The van der Waals surface area contributed by atoms with Crippen molar-refractivity contribution in [2.45, 2.75) is 38.4 Å². The number of carbonyl (C=O) groups is 1. The Bertz CT molecular complexity index is 525. The van der Waals surface area contributed by atoms with E-state index >= 15 is 0 Å². The van der Waals surface area contributed by atoms with Gasteiger partial charge in [-0.05, 0) is 24.7 Å². The summed E-state index contributed by atoms with van der Waals surface area (Å²) in [7, 11) is -3.43. The third-order valence-electron chi connectivity index (χ3n) is 4.96. The molecule has 2 aliphatic carbocycles. The van der Waals surface area contributed by atoms with Gasteiger partial charge in [0.05, 0.1) is 5.25 Å². The average Bonchev–Trinajstić information content (AvgIpc) is 3.00. The lowest BCUT2D eigenvalue weighted by atomic mass is 9.93. The summed E-state index contributed by atoms with van der Waals surface area (Å²) in [6.45, 7) is 4.26. The molecule has 0 aromatic rings. The number of amides is 1. The van der Waals surface area contributed by atoms with Crippen molar-refractivity contribution >= 4 is 15.9 Å². The van der Waals surface area contributed by atoms with Gasteiger partial charge >= 0.3 is 0 Å². The van der Waals surface area contributed by atoms with Crippen LogP contribution in [0, 0.1) is 23.7 Å². The summed E-state index contributed by atoms with van der Waals surface area (Å²) < 4.78 is 26.4. The van der Waals surface area contributed by atoms with Gasteiger partial charge in [0.25, 0.3) is 0 Å². The second kappa shape index (κ2) is 4.33. The molecule has 2 fully saturated rings. The average molecular weight is 283 g/mol. The van der Waals surface area contributed by atoms with Crippen LogP contribution >= 0.6 is 0 Å². The molecule has 1 saturated carbocycles. The van der Waals surface area contributed by atoms with Crippen LogP contribution in [0.15, 0.2) is 12.2 Å². The number of fused-ring (bicyclic) bond motifs is 5. The van der Waals surface area contributed by atoms with E-state index in [1.807, 2.05) is 19.9 Å². The predicted molar refractivity (Wildman–Crippen MR) is 72.7 cm³/mol. The number of sulfonamides is 1. The summed E-state index contributed by atoms with van der Waals surface area (Å²) in [4.78, 5) is 12.3. The molecular weight excluding hydrogens is 262 g/mol. The van der Waals surface area contributed by atoms with E-state index in [1.165, 1.54) is 4.31 Å². The largest absolute Gasteiger partial charge is 0.274 e. The minimum Gasteiger partial charge on any atom is -0.274 e. The molecule has 1 amide bonds. The van der Waals surface area contributed by atoms with Gasteiger partial charge in [-0.2, -0.15) is 0 Å². The smallest absolute Gasteiger partial charge is 0.241 e. The van der Waals surface area contributed by atoms with Crippen molar-refractivity contribution in [1.29, 1.82) is 0 Å². The molecule has 0 aromatic heterocycles. The van der Waals surface area contributed by atoms with Gasteiger partial charge in [0, 0.05) is 18.4 Å². The highest BCUT2D eigenvalue weighted by Gasteiger charge is 2.59. The van der Waals surface area contributed by atoms with E-state index in [1.54, 1.807) is 0 Å². The van der Waals surface area contributed by atoms with E-state index in [2.05, 4.69) is 6.08 Å². The molecule has 0 N–H and O–H groups in total. The van der Waals surface area contributed by atoms with Gasteiger partial charge in [0.2, 0.25) is 15.9 Å². The van der Waals surface area contributed by atoms with Crippen LogP contribution in [0.5, 0.6) is 0 Å². The zero-order valence-electron chi connectivity index (χ0n) is 11.5. The molecule has 19 heavy (non-hydrogen) atoms. The van der Waals surface area contributed by atoms with E-state index in [9.17, 15) is 13.2 Å². The molecule has 3 aliphatic rings. The van der Waals surface area contributed by atoms with Crippen LogP contribution in [0.25, 0.3) is 0 Å². The predicted octanol–water partition coefficient (Wildman–Crippen LogP) is 1.79. The Morgan fingerprint density at radius 3 is 2.68 bits per heavy atom. The van der Waals surface area contributed by atoms with Crippen LogP contribution in [-0.2, 0) is 14.8 Å². The Morgan fingerprint density at radius 1 is 1.37 bits per heavy atom. The SMILES string of the molecule is CCC[C@@H](C)C(=O)N1C[C@H]2[C@H]([C@H]3C=C[C@@H]2C3)S1(=O)=O. The number of nitrogens with zero attached hydrogens (tertiary/aromatic N) is 1. The number of rotatable bonds is 3. The molecule has 106 valence electrons. The van der Waals surface area contributed by atoms with Crippen LogP contribution in [0.3, 0.4) is 0 Å². The van der Waals surface area contributed by atoms with Gasteiger partial charge in [-0.3, -0.25) is 4.79 Å². The lowest BCUT2D eigenvalue weighted by molar-refractivity contribution is -0.130. The number of hydrogen-bond acceptors (Lipinski definition) is 3.